The van der Waals surface area contributed by atoms with Crippen LogP contribution in [0.25, 0.3) is 0 Å². The standard InChI is InChI=1S/C19H28ClN7O.HI/c1-13(2)17-25-16(28-26-17)7-5-10-23-19(21-3)24-14-8-11-27(12-14)18-15(20)6-4-9-22-18;/h4,6,9,13-14H,5,7-8,10-12H2,1-3H3,(H2,21,23,24);1H. The van der Waals surface area contributed by atoms with Crippen LogP contribution >= 0.6 is 35.6 Å². The molecule has 0 aliphatic carbocycles. The Morgan fingerprint density at radius 1 is 1.45 bits per heavy atom. The predicted molar refractivity (Wildman–Crippen MR) is 126 cm³/mol. The second kappa shape index (κ2) is 11.5. The van der Waals surface area contributed by atoms with E-state index in [9.17, 15) is 0 Å². The summed E-state index contributed by atoms with van der Waals surface area (Å²) in [4.78, 5) is 15.3. The van der Waals surface area contributed by atoms with Crippen LogP contribution in [0.2, 0.25) is 5.02 Å². The number of nitrogens with zero attached hydrogens (tertiary/aromatic N) is 5. The Hall–Kier alpha value is -1.62. The molecule has 2 aromatic heterocycles. The third-order valence-corrected chi connectivity index (χ3v) is 4.95. The third kappa shape index (κ3) is 6.70. The van der Waals surface area contributed by atoms with Gasteiger partial charge in [0.25, 0.3) is 0 Å². The molecule has 0 radical (unpaired) electrons. The largest absolute Gasteiger partial charge is 0.356 e. The van der Waals surface area contributed by atoms with Crippen molar-refractivity contribution in [2.45, 2.75) is 45.1 Å². The lowest BCUT2D eigenvalue weighted by Gasteiger charge is -2.20. The van der Waals surface area contributed by atoms with Gasteiger partial charge in [-0.1, -0.05) is 30.6 Å². The van der Waals surface area contributed by atoms with Crippen LogP contribution in [-0.2, 0) is 6.42 Å². The van der Waals surface area contributed by atoms with Gasteiger partial charge >= 0.3 is 0 Å². The lowest BCUT2D eigenvalue weighted by Crippen LogP contribution is -2.45. The fourth-order valence-corrected chi connectivity index (χ4v) is 3.36. The van der Waals surface area contributed by atoms with Gasteiger partial charge in [-0.2, -0.15) is 4.98 Å². The topological polar surface area (TPSA) is 91.5 Å². The van der Waals surface area contributed by atoms with E-state index in [2.05, 4.69) is 49.5 Å². The molecule has 3 rings (SSSR count). The minimum Gasteiger partial charge on any atom is -0.356 e. The van der Waals surface area contributed by atoms with E-state index in [1.54, 1.807) is 13.2 Å². The zero-order valence-corrected chi connectivity index (χ0v) is 20.1. The first-order valence-corrected chi connectivity index (χ1v) is 10.1. The number of anilines is 1. The number of aromatic nitrogens is 3. The van der Waals surface area contributed by atoms with Gasteiger partial charge in [0.05, 0.1) is 5.02 Å². The molecule has 2 N–H and O–H groups in total. The number of guanidine groups is 1. The highest BCUT2D eigenvalue weighted by Crippen LogP contribution is 2.25. The zero-order chi connectivity index (χ0) is 19.9. The Morgan fingerprint density at radius 3 is 2.97 bits per heavy atom. The van der Waals surface area contributed by atoms with Crippen LogP contribution in [0.1, 0.15) is 44.3 Å². The molecule has 0 saturated carbocycles. The number of nitrogens with one attached hydrogen (secondary N) is 2. The summed E-state index contributed by atoms with van der Waals surface area (Å²) in [5, 5.41) is 11.5. The van der Waals surface area contributed by atoms with Gasteiger partial charge in [0, 0.05) is 51.3 Å². The first kappa shape index (κ1) is 23.7. The van der Waals surface area contributed by atoms with Gasteiger partial charge < -0.3 is 20.1 Å². The molecule has 10 heteroatoms. The van der Waals surface area contributed by atoms with Gasteiger partial charge in [-0.25, -0.2) is 4.98 Å². The molecule has 160 valence electrons. The molecule has 1 saturated heterocycles. The third-order valence-electron chi connectivity index (χ3n) is 4.65. The number of pyridine rings is 1. The van der Waals surface area contributed by atoms with E-state index in [0.29, 0.717) is 17.0 Å². The molecule has 8 nitrogen and oxygen atoms in total. The minimum atomic E-state index is 0. The number of hydrogen-bond acceptors (Lipinski definition) is 6. The van der Waals surface area contributed by atoms with Crippen LogP contribution < -0.4 is 15.5 Å². The highest BCUT2D eigenvalue weighted by molar-refractivity contribution is 14.0. The molecule has 1 unspecified atom stereocenters. The number of aryl methyl sites for hydroxylation is 1. The molecule has 29 heavy (non-hydrogen) atoms. The smallest absolute Gasteiger partial charge is 0.226 e. The summed E-state index contributed by atoms with van der Waals surface area (Å²) in [7, 11) is 1.78. The van der Waals surface area contributed by atoms with Crippen molar-refractivity contribution in [1.29, 1.82) is 0 Å². The Labute approximate surface area is 193 Å². The molecular weight excluding hydrogens is 505 g/mol. The summed E-state index contributed by atoms with van der Waals surface area (Å²) < 4.78 is 5.27. The Morgan fingerprint density at radius 2 is 2.28 bits per heavy atom. The molecule has 0 bridgehead atoms. The second-order valence-corrected chi connectivity index (χ2v) is 7.60. The molecule has 2 aromatic rings. The molecule has 1 atom stereocenters. The predicted octanol–water partition coefficient (Wildman–Crippen LogP) is 3.24. The minimum absolute atomic E-state index is 0. The maximum Gasteiger partial charge on any atom is 0.226 e. The first-order chi connectivity index (χ1) is 13.6. The Bertz CT molecular complexity index is 798. The van der Waals surface area contributed by atoms with E-state index < -0.39 is 0 Å². The van der Waals surface area contributed by atoms with Crippen molar-refractivity contribution in [2.75, 3.05) is 31.6 Å². The zero-order valence-electron chi connectivity index (χ0n) is 17.1. The highest BCUT2D eigenvalue weighted by atomic mass is 127. The highest BCUT2D eigenvalue weighted by Gasteiger charge is 2.25. The quantitative estimate of drug-likeness (QED) is 0.244. The average molecular weight is 534 g/mol. The van der Waals surface area contributed by atoms with Gasteiger partial charge in [0.15, 0.2) is 11.8 Å². The van der Waals surface area contributed by atoms with Crippen molar-refractivity contribution in [3.63, 3.8) is 0 Å². The van der Waals surface area contributed by atoms with Gasteiger partial charge in [0.1, 0.15) is 5.82 Å². The summed E-state index contributed by atoms with van der Waals surface area (Å²) in [6.45, 7) is 6.65. The number of halogens is 2. The van der Waals surface area contributed by atoms with Crippen LogP contribution in [0.4, 0.5) is 5.82 Å². The van der Waals surface area contributed by atoms with Gasteiger partial charge in [-0.3, -0.25) is 4.99 Å². The van der Waals surface area contributed by atoms with Crippen molar-refractivity contribution in [2.24, 2.45) is 4.99 Å². The van der Waals surface area contributed by atoms with Gasteiger partial charge in [0.2, 0.25) is 5.89 Å². The lowest BCUT2D eigenvalue weighted by atomic mass is 10.2. The maximum absolute atomic E-state index is 6.26. The fourth-order valence-electron chi connectivity index (χ4n) is 3.12. The summed E-state index contributed by atoms with van der Waals surface area (Å²) in [5.41, 5.74) is 0. The van der Waals surface area contributed by atoms with Crippen molar-refractivity contribution < 1.29 is 4.52 Å². The van der Waals surface area contributed by atoms with E-state index in [4.69, 9.17) is 16.1 Å². The summed E-state index contributed by atoms with van der Waals surface area (Å²) in [6.07, 6.45) is 4.42. The van der Waals surface area contributed by atoms with E-state index in [-0.39, 0.29) is 29.9 Å². The normalized spacial score (nSPS) is 16.8. The molecule has 1 fully saturated rings. The van der Waals surface area contributed by atoms with E-state index in [1.807, 2.05) is 12.1 Å². The Kier molecular flexibility index (Phi) is 9.41. The lowest BCUT2D eigenvalue weighted by molar-refractivity contribution is 0.368. The molecule has 1 aliphatic heterocycles. The first-order valence-electron chi connectivity index (χ1n) is 9.72. The number of aliphatic imine (C=N–C) groups is 1. The van der Waals surface area contributed by atoms with Crippen LogP contribution in [-0.4, -0.2) is 53.8 Å². The van der Waals surface area contributed by atoms with Crippen LogP contribution in [0.3, 0.4) is 0 Å². The summed E-state index contributed by atoms with van der Waals surface area (Å²) >= 11 is 6.26. The number of rotatable bonds is 7. The van der Waals surface area contributed by atoms with Crippen molar-refractivity contribution in [3.05, 3.63) is 35.1 Å². The van der Waals surface area contributed by atoms with E-state index >= 15 is 0 Å². The van der Waals surface area contributed by atoms with Crippen molar-refractivity contribution >= 4 is 47.4 Å². The fraction of sp³-hybridized carbons (Fsp3) is 0.579. The van der Waals surface area contributed by atoms with Crippen molar-refractivity contribution in [1.82, 2.24) is 25.8 Å². The molecule has 0 spiro atoms. The van der Waals surface area contributed by atoms with Crippen LogP contribution in [0, 0.1) is 0 Å². The van der Waals surface area contributed by atoms with Gasteiger partial charge in [-0.15, -0.1) is 24.0 Å². The molecular formula is C19H29ClIN7O. The average Bonchev–Trinajstić information content (AvgIpc) is 3.34. The molecule has 0 aromatic carbocycles. The Balaban J connectivity index is 0.00000300. The van der Waals surface area contributed by atoms with Crippen molar-refractivity contribution in [3.8, 4) is 0 Å². The summed E-state index contributed by atoms with van der Waals surface area (Å²) in [5.74, 6) is 3.38. The number of hydrogen-bond donors (Lipinski definition) is 2. The van der Waals surface area contributed by atoms with E-state index in [0.717, 1.165) is 56.5 Å². The maximum atomic E-state index is 6.26. The second-order valence-electron chi connectivity index (χ2n) is 7.19. The monoisotopic (exact) mass is 533 g/mol. The van der Waals surface area contributed by atoms with E-state index in [1.165, 1.54) is 0 Å². The molecule has 1 aliphatic rings. The van der Waals surface area contributed by atoms with Gasteiger partial charge in [-0.05, 0) is 25.0 Å². The SMILES string of the molecule is CN=C(NCCCc1nc(C(C)C)no1)NC1CCN(c2ncccc2Cl)C1.I. The van der Waals surface area contributed by atoms with Crippen LogP contribution in [0.15, 0.2) is 27.8 Å². The van der Waals surface area contributed by atoms with Crippen LogP contribution in [0.5, 0.6) is 0 Å². The molecule has 3 heterocycles. The molecule has 0 amide bonds. The summed E-state index contributed by atoms with van der Waals surface area (Å²) in [6, 6.07) is 4.02.